The molecule has 1 aliphatic carbocycles. The van der Waals surface area contributed by atoms with Crippen LogP contribution in [0.15, 0.2) is 35.7 Å². The van der Waals surface area contributed by atoms with Crippen molar-refractivity contribution in [1.82, 2.24) is 9.62 Å². The van der Waals surface area contributed by atoms with Crippen molar-refractivity contribution in [2.45, 2.75) is 30.3 Å². The number of rotatable bonds is 7. The van der Waals surface area contributed by atoms with Gasteiger partial charge in [-0.1, -0.05) is 12.1 Å². The van der Waals surface area contributed by atoms with Crippen LogP contribution in [0.1, 0.15) is 18.4 Å². The molecule has 20 heavy (non-hydrogen) atoms. The molecule has 0 heterocycles. The summed E-state index contributed by atoms with van der Waals surface area (Å²) >= 11 is 0. The van der Waals surface area contributed by atoms with Crippen molar-refractivity contribution < 1.29 is 12.8 Å². The summed E-state index contributed by atoms with van der Waals surface area (Å²) in [6.07, 6.45) is 3.72. The number of hydrogen-bond donors (Lipinski definition) is 1. The zero-order valence-corrected chi connectivity index (χ0v) is 12.3. The van der Waals surface area contributed by atoms with E-state index in [1.54, 1.807) is 0 Å². The van der Waals surface area contributed by atoms with Crippen LogP contribution in [0, 0.1) is 5.82 Å². The second-order valence-electron chi connectivity index (χ2n) is 4.98. The van der Waals surface area contributed by atoms with E-state index in [1.807, 2.05) is 0 Å². The Morgan fingerprint density at radius 2 is 2.20 bits per heavy atom. The molecule has 4 nitrogen and oxygen atoms in total. The van der Waals surface area contributed by atoms with E-state index in [-0.39, 0.29) is 11.4 Å². The number of sulfonamides is 1. The summed E-state index contributed by atoms with van der Waals surface area (Å²) in [6.45, 7) is 4.14. The molecule has 2 rings (SSSR count). The zero-order chi connectivity index (χ0) is 14.8. The minimum absolute atomic E-state index is 0.0231. The van der Waals surface area contributed by atoms with E-state index in [0.717, 1.165) is 23.2 Å². The Labute approximate surface area is 119 Å². The summed E-state index contributed by atoms with van der Waals surface area (Å²) in [7, 11) is -2.24. The van der Waals surface area contributed by atoms with Crippen LogP contribution in [0.2, 0.25) is 0 Å². The molecule has 0 aromatic heterocycles. The van der Waals surface area contributed by atoms with Gasteiger partial charge in [-0.05, 0) is 30.5 Å². The van der Waals surface area contributed by atoms with Gasteiger partial charge in [0.25, 0.3) is 0 Å². The van der Waals surface area contributed by atoms with E-state index in [0.29, 0.717) is 18.2 Å². The number of benzene rings is 1. The largest absolute Gasteiger partial charge is 0.310 e. The highest BCUT2D eigenvalue weighted by Gasteiger charge is 2.25. The molecule has 0 unspecified atom stereocenters. The summed E-state index contributed by atoms with van der Waals surface area (Å²) in [5.74, 6) is -0.550. The first kappa shape index (κ1) is 15.2. The monoisotopic (exact) mass is 298 g/mol. The maximum Gasteiger partial charge on any atom is 0.243 e. The van der Waals surface area contributed by atoms with Gasteiger partial charge in [0.2, 0.25) is 10.0 Å². The van der Waals surface area contributed by atoms with Crippen LogP contribution in [-0.2, 0) is 16.6 Å². The van der Waals surface area contributed by atoms with Gasteiger partial charge in [-0.2, -0.15) is 4.31 Å². The quantitative estimate of drug-likeness (QED) is 0.782. The maximum atomic E-state index is 13.4. The van der Waals surface area contributed by atoms with Crippen LogP contribution in [-0.4, -0.2) is 32.4 Å². The van der Waals surface area contributed by atoms with Crippen molar-refractivity contribution in [3.05, 3.63) is 42.2 Å². The second kappa shape index (κ2) is 6.03. The Hall–Kier alpha value is -1.24. The molecule has 1 fully saturated rings. The Morgan fingerprint density at radius 3 is 2.80 bits per heavy atom. The average Bonchev–Trinajstić information content (AvgIpc) is 3.21. The molecule has 1 aromatic carbocycles. The standard InChI is InChI=1S/C14H19FN2O2S/c1-3-8-17(2)20(18,19)14-9-12(15)5-4-11(14)10-16-13-6-7-13/h3-5,9,13,16H,1,6-8,10H2,2H3. The first-order valence-corrected chi connectivity index (χ1v) is 7.98. The van der Waals surface area contributed by atoms with Gasteiger partial charge in [-0.15, -0.1) is 6.58 Å². The van der Waals surface area contributed by atoms with Crippen LogP contribution in [0.4, 0.5) is 4.39 Å². The predicted molar refractivity (Wildman–Crippen MR) is 76.3 cm³/mol. The Kier molecular flexibility index (Phi) is 4.57. The van der Waals surface area contributed by atoms with E-state index in [4.69, 9.17) is 0 Å². The minimum atomic E-state index is -3.70. The lowest BCUT2D eigenvalue weighted by Gasteiger charge is -2.18. The molecule has 6 heteroatoms. The lowest BCUT2D eigenvalue weighted by atomic mass is 10.2. The molecule has 1 aromatic rings. The Bertz CT molecular complexity index is 597. The highest BCUT2D eigenvalue weighted by molar-refractivity contribution is 7.89. The fraction of sp³-hybridized carbons (Fsp3) is 0.429. The van der Waals surface area contributed by atoms with Crippen molar-refractivity contribution in [3.8, 4) is 0 Å². The van der Waals surface area contributed by atoms with Gasteiger partial charge in [0.1, 0.15) is 5.82 Å². The van der Waals surface area contributed by atoms with E-state index < -0.39 is 15.8 Å². The van der Waals surface area contributed by atoms with Crippen LogP contribution in [0.3, 0.4) is 0 Å². The number of nitrogens with one attached hydrogen (secondary N) is 1. The van der Waals surface area contributed by atoms with Crippen LogP contribution in [0.5, 0.6) is 0 Å². The molecule has 0 atom stereocenters. The normalized spacial score (nSPS) is 15.6. The summed E-state index contributed by atoms with van der Waals surface area (Å²) in [6, 6.07) is 4.36. The molecule has 110 valence electrons. The number of likely N-dealkylation sites (N-methyl/N-ethyl adjacent to an activating group) is 1. The van der Waals surface area contributed by atoms with Crippen LogP contribution >= 0.6 is 0 Å². The number of hydrogen-bond acceptors (Lipinski definition) is 3. The molecular formula is C14H19FN2O2S. The van der Waals surface area contributed by atoms with E-state index in [2.05, 4.69) is 11.9 Å². The van der Waals surface area contributed by atoms with Crippen molar-refractivity contribution >= 4 is 10.0 Å². The fourth-order valence-corrected chi connectivity index (χ4v) is 3.27. The van der Waals surface area contributed by atoms with Gasteiger partial charge in [0.15, 0.2) is 0 Å². The SMILES string of the molecule is C=CCN(C)S(=O)(=O)c1cc(F)ccc1CNC1CC1. The first-order chi connectivity index (χ1) is 9.45. The molecule has 0 saturated heterocycles. The molecule has 0 aliphatic heterocycles. The van der Waals surface area contributed by atoms with Gasteiger partial charge < -0.3 is 5.32 Å². The van der Waals surface area contributed by atoms with Crippen LogP contribution in [0.25, 0.3) is 0 Å². The molecule has 0 amide bonds. The lowest BCUT2D eigenvalue weighted by molar-refractivity contribution is 0.496. The van der Waals surface area contributed by atoms with Crippen molar-refractivity contribution in [1.29, 1.82) is 0 Å². The van der Waals surface area contributed by atoms with Gasteiger partial charge in [-0.3, -0.25) is 0 Å². The van der Waals surface area contributed by atoms with Gasteiger partial charge >= 0.3 is 0 Å². The van der Waals surface area contributed by atoms with E-state index >= 15 is 0 Å². The first-order valence-electron chi connectivity index (χ1n) is 6.54. The highest BCUT2D eigenvalue weighted by atomic mass is 32.2. The van der Waals surface area contributed by atoms with Crippen LogP contribution < -0.4 is 5.32 Å². The molecular weight excluding hydrogens is 279 g/mol. The predicted octanol–water partition coefficient (Wildman–Crippen LogP) is 1.88. The molecule has 1 saturated carbocycles. The van der Waals surface area contributed by atoms with Crippen molar-refractivity contribution in [2.24, 2.45) is 0 Å². The molecule has 1 aliphatic rings. The molecule has 0 bridgehead atoms. The summed E-state index contributed by atoms with van der Waals surface area (Å²) in [4.78, 5) is 0.0231. The van der Waals surface area contributed by atoms with Gasteiger partial charge in [-0.25, -0.2) is 12.8 Å². The van der Waals surface area contributed by atoms with Gasteiger partial charge in [0.05, 0.1) is 4.90 Å². The van der Waals surface area contributed by atoms with E-state index in [1.165, 1.54) is 25.3 Å². The molecule has 1 N–H and O–H groups in total. The smallest absolute Gasteiger partial charge is 0.243 e. The third-order valence-corrected chi connectivity index (χ3v) is 5.17. The Balaban J connectivity index is 2.31. The minimum Gasteiger partial charge on any atom is -0.310 e. The lowest BCUT2D eigenvalue weighted by Crippen LogP contribution is -2.29. The Morgan fingerprint density at radius 1 is 1.50 bits per heavy atom. The van der Waals surface area contributed by atoms with E-state index in [9.17, 15) is 12.8 Å². The average molecular weight is 298 g/mol. The third-order valence-electron chi connectivity index (χ3n) is 3.26. The van der Waals surface area contributed by atoms with Crippen molar-refractivity contribution in [3.63, 3.8) is 0 Å². The fourth-order valence-electron chi connectivity index (χ4n) is 1.90. The highest BCUT2D eigenvalue weighted by Crippen LogP contribution is 2.23. The summed E-state index contributed by atoms with van der Waals surface area (Å²) < 4.78 is 39.5. The second-order valence-corrected chi connectivity index (χ2v) is 6.99. The number of nitrogens with zero attached hydrogens (tertiary/aromatic N) is 1. The third kappa shape index (κ3) is 3.45. The maximum absolute atomic E-state index is 13.4. The zero-order valence-electron chi connectivity index (χ0n) is 11.5. The van der Waals surface area contributed by atoms with Crippen molar-refractivity contribution in [2.75, 3.05) is 13.6 Å². The molecule has 0 spiro atoms. The van der Waals surface area contributed by atoms with Gasteiger partial charge in [0, 0.05) is 26.2 Å². The molecule has 0 radical (unpaired) electrons. The topological polar surface area (TPSA) is 49.4 Å². The number of halogens is 1. The summed E-state index contributed by atoms with van der Waals surface area (Å²) in [5, 5.41) is 3.25. The summed E-state index contributed by atoms with van der Waals surface area (Å²) in [5.41, 5.74) is 0.592.